The maximum Gasteiger partial charge on any atom is 0.338 e. The highest BCUT2D eigenvalue weighted by molar-refractivity contribution is 6.07. The second-order valence-electron chi connectivity index (χ2n) is 9.57. The monoisotopic (exact) mass is 395 g/mol. The second-order valence-corrected chi connectivity index (χ2v) is 9.57. The van der Waals surface area contributed by atoms with Crippen molar-refractivity contribution in [2.75, 3.05) is 20.2 Å². The molecule has 1 N–H and O–H groups in total. The molecule has 3 aliphatic carbocycles. The van der Waals surface area contributed by atoms with E-state index in [1.165, 1.54) is 7.11 Å². The number of rotatable bonds is 1. The van der Waals surface area contributed by atoms with Gasteiger partial charge in [-0.2, -0.15) is 0 Å². The molecule has 0 amide bonds. The summed E-state index contributed by atoms with van der Waals surface area (Å²) in [5, 5.41) is 12.0. The van der Waals surface area contributed by atoms with Gasteiger partial charge in [-0.1, -0.05) is 13.8 Å². The summed E-state index contributed by atoms with van der Waals surface area (Å²) in [6.45, 7) is 5.73. The van der Waals surface area contributed by atoms with Crippen LogP contribution < -0.4 is 0 Å². The van der Waals surface area contributed by atoms with Crippen molar-refractivity contribution < 1.29 is 23.8 Å². The lowest BCUT2D eigenvalue weighted by atomic mass is 9.59. The third kappa shape index (κ3) is 1.82. The predicted octanol–water partition coefficient (Wildman–Crippen LogP) is 2.49. The third-order valence-corrected chi connectivity index (χ3v) is 8.36. The van der Waals surface area contributed by atoms with Crippen LogP contribution >= 0.6 is 0 Å². The Morgan fingerprint density at radius 2 is 2.14 bits per heavy atom. The minimum atomic E-state index is -1.67. The van der Waals surface area contributed by atoms with E-state index in [4.69, 9.17) is 9.15 Å². The Balaban J connectivity index is 1.82. The maximum absolute atomic E-state index is 13.5. The first-order chi connectivity index (χ1) is 13.8. The van der Waals surface area contributed by atoms with Crippen LogP contribution in [0.15, 0.2) is 16.7 Å². The number of nitrogens with zero attached hydrogens (tertiary/aromatic N) is 1. The number of aliphatic hydroxyl groups is 1. The summed E-state index contributed by atoms with van der Waals surface area (Å²) in [6.07, 6.45) is 3.73. The van der Waals surface area contributed by atoms with Gasteiger partial charge >= 0.3 is 5.97 Å². The number of fused-ring (bicyclic) bond motifs is 2. The van der Waals surface area contributed by atoms with E-state index < -0.39 is 11.6 Å². The maximum atomic E-state index is 13.5. The number of carbonyl (C=O) groups is 2. The Kier molecular flexibility index (Phi) is 3.22. The Morgan fingerprint density at radius 3 is 2.90 bits per heavy atom. The standard InChI is InChI=1S/C23H25NO5/c1-11-9-24-10-12-4-5-14-16-13(6-7-29-14)17(21(26)28-3)19-18(16)22(12,2)15(24)8-23(19,27)20(11)25/h6-7,11-12,15,27H,4-5,8-10H2,1-3H3. The molecule has 5 atom stereocenters. The quantitative estimate of drug-likeness (QED) is 0.748. The number of hydrogen-bond donors (Lipinski definition) is 1. The lowest BCUT2D eigenvalue weighted by Gasteiger charge is -2.46. The molecule has 0 aromatic heterocycles. The van der Waals surface area contributed by atoms with Crippen molar-refractivity contribution in [1.29, 1.82) is 0 Å². The van der Waals surface area contributed by atoms with E-state index in [1.54, 1.807) is 12.3 Å². The number of ketones is 1. The van der Waals surface area contributed by atoms with Crippen LogP contribution in [0, 0.1) is 11.8 Å². The number of ether oxygens (including phenoxy) is 1. The number of Topliss-reactive ketones (excluding diaryl/α,β-unsaturated/α-hetero) is 1. The van der Waals surface area contributed by atoms with Crippen molar-refractivity contribution in [3.63, 3.8) is 0 Å². The van der Waals surface area contributed by atoms with Gasteiger partial charge in [0.1, 0.15) is 5.76 Å². The van der Waals surface area contributed by atoms with Crippen molar-refractivity contribution in [3.8, 4) is 11.1 Å². The molecular formula is C23H25NO5. The highest BCUT2D eigenvalue weighted by Crippen LogP contribution is 2.63. The molecule has 3 heterocycles. The zero-order chi connectivity index (χ0) is 20.3. The van der Waals surface area contributed by atoms with Crippen molar-refractivity contribution in [2.24, 2.45) is 11.8 Å². The van der Waals surface area contributed by atoms with Crippen molar-refractivity contribution >= 4 is 11.8 Å². The van der Waals surface area contributed by atoms with Gasteiger partial charge in [0.25, 0.3) is 0 Å². The molecule has 6 rings (SSSR count). The van der Waals surface area contributed by atoms with Gasteiger partial charge in [0.05, 0.1) is 18.9 Å². The Hall–Kier alpha value is -2.18. The lowest BCUT2D eigenvalue weighted by molar-refractivity contribution is -0.143. The van der Waals surface area contributed by atoms with Crippen LogP contribution in [0.25, 0.3) is 11.1 Å². The molecule has 0 aromatic carbocycles. The lowest BCUT2D eigenvalue weighted by Crippen LogP contribution is -2.53. The van der Waals surface area contributed by atoms with E-state index in [0.717, 1.165) is 41.8 Å². The first kappa shape index (κ1) is 17.7. The number of methoxy groups -OCH3 is 1. The first-order valence-corrected chi connectivity index (χ1v) is 10.5. The third-order valence-electron chi connectivity index (χ3n) is 8.36. The molecule has 6 aliphatic rings. The Labute approximate surface area is 169 Å². The molecule has 0 saturated carbocycles. The van der Waals surface area contributed by atoms with Gasteiger partial charge in [0.15, 0.2) is 11.4 Å². The molecule has 0 radical (unpaired) electrons. The molecule has 2 fully saturated rings. The zero-order valence-corrected chi connectivity index (χ0v) is 16.9. The van der Waals surface area contributed by atoms with Gasteiger partial charge in [0, 0.05) is 60.0 Å². The normalized spacial score (nSPS) is 37.7. The molecule has 6 nitrogen and oxygen atoms in total. The average Bonchev–Trinajstić information content (AvgIpc) is 3.13. The zero-order valence-electron chi connectivity index (χ0n) is 16.9. The minimum Gasteiger partial charge on any atom is -0.469 e. The summed E-state index contributed by atoms with van der Waals surface area (Å²) >= 11 is 0. The van der Waals surface area contributed by atoms with Crippen LogP contribution in [0.5, 0.6) is 0 Å². The molecule has 29 heavy (non-hydrogen) atoms. The van der Waals surface area contributed by atoms with Gasteiger partial charge in [-0.05, 0) is 24.0 Å². The number of esters is 1. The smallest absolute Gasteiger partial charge is 0.338 e. The molecule has 3 aliphatic heterocycles. The van der Waals surface area contributed by atoms with Crippen LogP contribution in [0.3, 0.4) is 0 Å². The fourth-order valence-electron chi connectivity index (χ4n) is 7.10. The summed E-state index contributed by atoms with van der Waals surface area (Å²) < 4.78 is 11.1. The summed E-state index contributed by atoms with van der Waals surface area (Å²) in [4.78, 5) is 28.9. The van der Waals surface area contributed by atoms with Crippen LogP contribution in [-0.4, -0.2) is 48.0 Å². The van der Waals surface area contributed by atoms with Gasteiger partial charge in [0.2, 0.25) is 0 Å². The molecule has 152 valence electrons. The van der Waals surface area contributed by atoms with Crippen molar-refractivity contribution in [2.45, 2.75) is 50.2 Å². The highest BCUT2D eigenvalue weighted by atomic mass is 16.5. The molecule has 0 spiro atoms. The van der Waals surface area contributed by atoms with Crippen LogP contribution in [-0.2, 0) is 27.0 Å². The molecule has 6 heteroatoms. The minimum absolute atomic E-state index is 0.0705. The van der Waals surface area contributed by atoms with E-state index in [-0.39, 0.29) is 23.2 Å². The van der Waals surface area contributed by atoms with Gasteiger partial charge < -0.3 is 14.3 Å². The average molecular weight is 395 g/mol. The molecule has 2 saturated heterocycles. The van der Waals surface area contributed by atoms with Gasteiger partial charge in [-0.25, -0.2) is 4.79 Å². The fraction of sp³-hybridized carbons (Fsp3) is 0.565. The van der Waals surface area contributed by atoms with Gasteiger partial charge in [-0.3, -0.25) is 9.69 Å². The summed E-state index contributed by atoms with van der Waals surface area (Å²) in [6, 6.07) is 1.86. The van der Waals surface area contributed by atoms with Crippen LogP contribution in [0.2, 0.25) is 0 Å². The molecular weight excluding hydrogens is 370 g/mol. The Morgan fingerprint density at radius 1 is 1.34 bits per heavy atom. The summed E-state index contributed by atoms with van der Waals surface area (Å²) in [7, 11) is 1.35. The molecule has 0 aromatic rings. The van der Waals surface area contributed by atoms with E-state index in [0.29, 0.717) is 30.0 Å². The number of aryl methyl sites for hydroxylation is 1. The van der Waals surface area contributed by atoms with Crippen LogP contribution in [0.1, 0.15) is 53.9 Å². The van der Waals surface area contributed by atoms with Crippen LogP contribution in [0.4, 0.5) is 0 Å². The number of hydrogen-bond acceptors (Lipinski definition) is 6. The van der Waals surface area contributed by atoms with Gasteiger partial charge in [-0.15, -0.1) is 0 Å². The second kappa shape index (κ2) is 5.29. The van der Waals surface area contributed by atoms with E-state index in [1.807, 2.05) is 6.92 Å². The summed E-state index contributed by atoms with van der Waals surface area (Å²) in [5.41, 5.74) is 1.54. The highest BCUT2D eigenvalue weighted by Gasteiger charge is 2.66. The van der Waals surface area contributed by atoms with Crippen molar-refractivity contribution in [1.82, 2.24) is 4.90 Å². The molecule has 5 unspecified atom stereocenters. The van der Waals surface area contributed by atoms with Crippen molar-refractivity contribution in [3.05, 3.63) is 34.8 Å². The first-order valence-electron chi connectivity index (χ1n) is 10.5. The predicted molar refractivity (Wildman–Crippen MR) is 104 cm³/mol. The number of carbonyl (C=O) groups excluding carboxylic acids is 2. The van der Waals surface area contributed by atoms with E-state index in [9.17, 15) is 14.7 Å². The topological polar surface area (TPSA) is 80.0 Å². The summed E-state index contributed by atoms with van der Waals surface area (Å²) in [5.74, 6) is 0.242. The van der Waals surface area contributed by atoms with E-state index >= 15 is 0 Å². The SMILES string of the molecule is COC(=O)c1c2ccoc3c-2c2c1C1(O)CC4N(CC(C)C1=O)CC(CC3)C24C. The largest absolute Gasteiger partial charge is 0.469 e. The Bertz CT molecular complexity index is 1060. The molecule has 2 bridgehead atoms. The van der Waals surface area contributed by atoms with E-state index in [2.05, 4.69) is 11.8 Å². The fourth-order valence-corrected chi connectivity index (χ4v) is 7.10.